The lowest BCUT2D eigenvalue weighted by Gasteiger charge is -2.19. The van der Waals surface area contributed by atoms with Crippen LogP contribution >= 0.6 is 0 Å². The number of aliphatic imine (C=N–C) groups is 1. The first-order chi connectivity index (χ1) is 12.7. The van der Waals surface area contributed by atoms with Crippen molar-refractivity contribution < 1.29 is 4.39 Å². The maximum atomic E-state index is 12.9. The minimum absolute atomic E-state index is 0.209. The molecule has 2 aromatic rings. The number of pyridine rings is 1. The van der Waals surface area contributed by atoms with Crippen LogP contribution in [0.1, 0.15) is 25.0 Å². The van der Waals surface area contributed by atoms with E-state index in [-0.39, 0.29) is 5.82 Å². The van der Waals surface area contributed by atoms with Crippen molar-refractivity contribution in [3.8, 4) is 0 Å². The third kappa shape index (κ3) is 6.02. The van der Waals surface area contributed by atoms with Gasteiger partial charge in [0.2, 0.25) is 0 Å². The molecule has 2 N–H and O–H groups in total. The molecule has 0 spiro atoms. The van der Waals surface area contributed by atoms with Crippen LogP contribution in [0.2, 0.25) is 0 Å². The van der Waals surface area contributed by atoms with Gasteiger partial charge in [-0.3, -0.25) is 4.99 Å². The number of guanidine groups is 1. The summed E-state index contributed by atoms with van der Waals surface area (Å²) in [5.41, 5.74) is 2.19. The highest BCUT2D eigenvalue weighted by Crippen LogP contribution is 2.10. The van der Waals surface area contributed by atoms with Crippen LogP contribution in [0.15, 0.2) is 47.6 Å². The molecule has 0 fully saturated rings. The Bertz CT molecular complexity index is 678. The molecule has 0 bridgehead atoms. The summed E-state index contributed by atoms with van der Waals surface area (Å²) in [4.78, 5) is 11.0. The van der Waals surface area contributed by atoms with Crippen molar-refractivity contribution in [2.45, 2.75) is 26.8 Å². The Balaban J connectivity index is 1.78. The smallest absolute Gasteiger partial charge is 0.191 e. The third-order valence-electron chi connectivity index (χ3n) is 4.20. The highest BCUT2D eigenvalue weighted by Gasteiger charge is 2.04. The van der Waals surface area contributed by atoms with Crippen LogP contribution in [0.3, 0.4) is 0 Å². The number of hydrogen-bond acceptors (Lipinski definition) is 3. The fourth-order valence-corrected chi connectivity index (χ4v) is 2.64. The van der Waals surface area contributed by atoms with E-state index in [1.807, 2.05) is 6.20 Å². The van der Waals surface area contributed by atoms with Gasteiger partial charge < -0.3 is 15.5 Å². The molecule has 0 saturated carbocycles. The van der Waals surface area contributed by atoms with Crippen LogP contribution in [-0.4, -0.2) is 37.6 Å². The van der Waals surface area contributed by atoms with E-state index in [4.69, 9.17) is 0 Å². The Morgan fingerprint density at radius 1 is 1.04 bits per heavy atom. The van der Waals surface area contributed by atoms with E-state index in [9.17, 15) is 4.39 Å². The number of halogens is 1. The molecular formula is C20H28FN5. The third-order valence-corrected chi connectivity index (χ3v) is 4.20. The summed E-state index contributed by atoms with van der Waals surface area (Å²) < 4.78 is 12.9. The number of rotatable bonds is 8. The van der Waals surface area contributed by atoms with Gasteiger partial charge in [0.1, 0.15) is 11.6 Å². The molecule has 0 saturated heterocycles. The molecule has 0 radical (unpaired) electrons. The SMILES string of the molecule is CCN(CC)c1ccc(CNC(=NC)NCCc2ccc(F)cc2)cn1. The monoisotopic (exact) mass is 357 g/mol. The van der Waals surface area contributed by atoms with Gasteiger partial charge >= 0.3 is 0 Å². The van der Waals surface area contributed by atoms with E-state index in [1.54, 1.807) is 19.2 Å². The number of aromatic nitrogens is 1. The maximum Gasteiger partial charge on any atom is 0.191 e. The molecule has 5 nitrogen and oxygen atoms in total. The van der Waals surface area contributed by atoms with E-state index in [2.05, 4.69) is 51.5 Å². The minimum atomic E-state index is -0.209. The first-order valence-electron chi connectivity index (χ1n) is 9.05. The highest BCUT2D eigenvalue weighted by molar-refractivity contribution is 5.79. The van der Waals surface area contributed by atoms with Crippen LogP contribution in [0.4, 0.5) is 10.2 Å². The Kier molecular flexibility index (Phi) is 7.86. The van der Waals surface area contributed by atoms with Crippen LogP contribution in [-0.2, 0) is 13.0 Å². The zero-order valence-corrected chi connectivity index (χ0v) is 15.8. The van der Waals surface area contributed by atoms with Gasteiger partial charge in [0.15, 0.2) is 5.96 Å². The predicted octanol–water partition coefficient (Wildman–Crippen LogP) is 2.97. The molecule has 1 aromatic heterocycles. The number of nitrogens with zero attached hydrogens (tertiary/aromatic N) is 3. The van der Waals surface area contributed by atoms with Gasteiger partial charge in [-0.1, -0.05) is 18.2 Å². The number of hydrogen-bond donors (Lipinski definition) is 2. The molecule has 0 atom stereocenters. The van der Waals surface area contributed by atoms with Gasteiger partial charge in [0.25, 0.3) is 0 Å². The molecule has 6 heteroatoms. The Morgan fingerprint density at radius 3 is 2.31 bits per heavy atom. The Hall–Kier alpha value is -2.63. The molecular weight excluding hydrogens is 329 g/mol. The van der Waals surface area contributed by atoms with Gasteiger partial charge in [-0.05, 0) is 49.6 Å². The van der Waals surface area contributed by atoms with Gasteiger partial charge in [-0.2, -0.15) is 0 Å². The molecule has 1 aromatic carbocycles. The maximum absolute atomic E-state index is 12.9. The highest BCUT2D eigenvalue weighted by atomic mass is 19.1. The summed E-state index contributed by atoms with van der Waals surface area (Å²) >= 11 is 0. The Labute approximate surface area is 155 Å². The molecule has 0 amide bonds. The molecule has 0 aliphatic rings. The van der Waals surface area contributed by atoms with Crippen molar-refractivity contribution in [2.75, 3.05) is 31.6 Å². The van der Waals surface area contributed by atoms with Gasteiger partial charge in [0, 0.05) is 39.4 Å². The lowest BCUT2D eigenvalue weighted by atomic mass is 10.1. The van der Waals surface area contributed by atoms with Crippen LogP contribution < -0.4 is 15.5 Å². The molecule has 1 heterocycles. The molecule has 0 aliphatic carbocycles. The fourth-order valence-electron chi connectivity index (χ4n) is 2.64. The summed E-state index contributed by atoms with van der Waals surface area (Å²) in [7, 11) is 1.74. The molecule has 0 aliphatic heterocycles. The number of nitrogens with one attached hydrogen (secondary N) is 2. The largest absolute Gasteiger partial charge is 0.357 e. The first kappa shape index (κ1) is 19.7. The quantitative estimate of drug-likeness (QED) is 0.563. The van der Waals surface area contributed by atoms with E-state index in [0.29, 0.717) is 6.54 Å². The Morgan fingerprint density at radius 2 is 1.73 bits per heavy atom. The minimum Gasteiger partial charge on any atom is -0.357 e. The van der Waals surface area contributed by atoms with Gasteiger partial charge in [0.05, 0.1) is 0 Å². The van der Waals surface area contributed by atoms with Crippen LogP contribution in [0, 0.1) is 5.82 Å². The summed E-state index contributed by atoms with van der Waals surface area (Å²) in [6, 6.07) is 10.7. The summed E-state index contributed by atoms with van der Waals surface area (Å²) in [5.74, 6) is 1.53. The summed E-state index contributed by atoms with van der Waals surface area (Å²) in [5, 5.41) is 6.55. The summed E-state index contributed by atoms with van der Waals surface area (Å²) in [6.45, 7) is 7.54. The van der Waals surface area contributed by atoms with E-state index >= 15 is 0 Å². The van der Waals surface area contributed by atoms with Crippen molar-refractivity contribution in [3.05, 3.63) is 59.5 Å². The van der Waals surface area contributed by atoms with Crippen molar-refractivity contribution in [1.82, 2.24) is 15.6 Å². The van der Waals surface area contributed by atoms with Crippen LogP contribution in [0.25, 0.3) is 0 Å². The van der Waals surface area contributed by atoms with Gasteiger partial charge in [-0.25, -0.2) is 9.37 Å². The normalized spacial score (nSPS) is 11.3. The van der Waals surface area contributed by atoms with Crippen LogP contribution in [0.5, 0.6) is 0 Å². The topological polar surface area (TPSA) is 52.5 Å². The second-order valence-corrected chi connectivity index (χ2v) is 5.93. The molecule has 2 rings (SSSR count). The van der Waals surface area contributed by atoms with Crippen molar-refractivity contribution in [2.24, 2.45) is 4.99 Å². The average Bonchev–Trinajstić information content (AvgIpc) is 2.68. The second-order valence-electron chi connectivity index (χ2n) is 5.93. The number of benzene rings is 1. The average molecular weight is 357 g/mol. The molecule has 140 valence electrons. The molecule has 0 unspecified atom stereocenters. The lowest BCUT2D eigenvalue weighted by molar-refractivity contribution is 0.626. The van der Waals surface area contributed by atoms with E-state index in [1.165, 1.54) is 12.1 Å². The number of anilines is 1. The fraction of sp³-hybridized carbons (Fsp3) is 0.400. The van der Waals surface area contributed by atoms with Crippen molar-refractivity contribution in [1.29, 1.82) is 0 Å². The van der Waals surface area contributed by atoms with E-state index < -0.39 is 0 Å². The standard InChI is InChI=1S/C20H28FN5/c1-4-26(5-2)19-11-8-17(14-24-19)15-25-20(22-3)23-13-12-16-6-9-18(21)10-7-16/h6-11,14H,4-5,12-13,15H2,1-3H3,(H2,22,23,25). The lowest BCUT2D eigenvalue weighted by Crippen LogP contribution is -2.37. The summed E-state index contributed by atoms with van der Waals surface area (Å²) in [6.07, 6.45) is 2.70. The second kappa shape index (κ2) is 10.4. The van der Waals surface area contributed by atoms with E-state index in [0.717, 1.165) is 49.0 Å². The van der Waals surface area contributed by atoms with Crippen molar-refractivity contribution in [3.63, 3.8) is 0 Å². The van der Waals surface area contributed by atoms with Crippen molar-refractivity contribution >= 4 is 11.8 Å². The zero-order chi connectivity index (χ0) is 18.8. The van der Waals surface area contributed by atoms with Gasteiger partial charge in [-0.15, -0.1) is 0 Å². The molecule has 26 heavy (non-hydrogen) atoms. The predicted molar refractivity (Wildman–Crippen MR) is 106 cm³/mol. The first-order valence-corrected chi connectivity index (χ1v) is 9.05. The zero-order valence-electron chi connectivity index (χ0n) is 15.8.